The molecule has 0 spiro atoms. The molecule has 3 rings (SSSR count). The van der Waals surface area contributed by atoms with Gasteiger partial charge in [-0.1, -0.05) is 94.8 Å². The number of unbranched alkanes of at least 4 members (excludes halogenated alkanes) is 5. The Bertz CT molecular complexity index is 1080. The summed E-state index contributed by atoms with van der Waals surface area (Å²) in [5.74, 6) is 0.0474. The second kappa shape index (κ2) is 13.1. The zero-order chi connectivity index (χ0) is 25.3. The van der Waals surface area contributed by atoms with Crippen molar-refractivity contribution in [2.75, 3.05) is 6.61 Å². The second-order valence-electron chi connectivity index (χ2n) is 10.8. The summed E-state index contributed by atoms with van der Waals surface area (Å²) >= 11 is 0. The van der Waals surface area contributed by atoms with Gasteiger partial charge in [0.1, 0.15) is 6.61 Å². The van der Waals surface area contributed by atoms with Gasteiger partial charge in [-0.2, -0.15) is 0 Å². The number of aliphatic hydroxyl groups excluding tert-OH is 1. The summed E-state index contributed by atoms with van der Waals surface area (Å²) in [6, 6.07) is 19.6. The molecule has 0 aromatic heterocycles. The fraction of sp³-hybridized carbons (Fsp3) is 0.531. The van der Waals surface area contributed by atoms with Crippen molar-refractivity contribution in [3.05, 3.63) is 60.2 Å². The molecule has 2 atom stereocenters. The summed E-state index contributed by atoms with van der Waals surface area (Å²) < 4.78 is 5.57. The highest BCUT2D eigenvalue weighted by Gasteiger charge is 2.33. The number of hydrogen-bond acceptors (Lipinski definition) is 3. The quantitative estimate of drug-likeness (QED) is 0.144. The molecule has 0 heterocycles. The van der Waals surface area contributed by atoms with Gasteiger partial charge >= 0.3 is 5.97 Å². The zero-order valence-electron chi connectivity index (χ0n) is 22.2. The number of ether oxygens (including phenoxy) is 1. The highest BCUT2D eigenvalue weighted by Crippen LogP contribution is 2.36. The molecular formula is C32H44O3. The molecule has 0 aliphatic heterocycles. The van der Waals surface area contributed by atoms with E-state index in [0.717, 1.165) is 25.7 Å². The van der Waals surface area contributed by atoms with Gasteiger partial charge in [0.2, 0.25) is 0 Å². The number of fused-ring (bicyclic) bond motifs is 2. The SMILES string of the molecule is CCCCCCCCC(O)COC(=O)C(C)(C)CC(CC)c1ccc2cc3ccccc3cc2c1. The predicted octanol–water partition coefficient (Wildman–Crippen LogP) is 8.56. The molecule has 0 fully saturated rings. The molecule has 3 heteroatoms. The van der Waals surface area contributed by atoms with Gasteiger partial charge in [-0.3, -0.25) is 4.79 Å². The lowest BCUT2D eigenvalue weighted by atomic mass is 9.78. The lowest BCUT2D eigenvalue weighted by Gasteiger charge is -2.28. The van der Waals surface area contributed by atoms with Crippen molar-refractivity contribution in [1.82, 2.24) is 0 Å². The van der Waals surface area contributed by atoms with Crippen LogP contribution >= 0.6 is 0 Å². The number of esters is 1. The molecule has 3 aromatic rings. The van der Waals surface area contributed by atoms with Crippen molar-refractivity contribution < 1.29 is 14.6 Å². The third-order valence-corrected chi connectivity index (χ3v) is 7.30. The van der Waals surface area contributed by atoms with Crippen LogP contribution in [0.1, 0.15) is 97.0 Å². The van der Waals surface area contributed by atoms with Gasteiger partial charge in [-0.25, -0.2) is 0 Å². The molecule has 0 aliphatic carbocycles. The van der Waals surface area contributed by atoms with Crippen molar-refractivity contribution in [3.63, 3.8) is 0 Å². The minimum Gasteiger partial charge on any atom is -0.463 e. The highest BCUT2D eigenvalue weighted by atomic mass is 16.5. The first-order valence-corrected chi connectivity index (χ1v) is 13.6. The van der Waals surface area contributed by atoms with E-state index < -0.39 is 11.5 Å². The Kier molecular flexibility index (Phi) is 10.2. The minimum absolute atomic E-state index is 0.0943. The third-order valence-electron chi connectivity index (χ3n) is 7.30. The van der Waals surface area contributed by atoms with Crippen LogP contribution in [0.15, 0.2) is 54.6 Å². The largest absolute Gasteiger partial charge is 0.463 e. The first kappa shape index (κ1) is 27.2. The highest BCUT2D eigenvalue weighted by molar-refractivity contribution is 5.98. The Balaban J connectivity index is 1.57. The van der Waals surface area contributed by atoms with Crippen molar-refractivity contribution in [3.8, 4) is 0 Å². The predicted molar refractivity (Wildman–Crippen MR) is 148 cm³/mol. The summed E-state index contributed by atoms with van der Waals surface area (Å²) in [5.41, 5.74) is 0.651. The fourth-order valence-electron chi connectivity index (χ4n) is 5.02. The zero-order valence-corrected chi connectivity index (χ0v) is 22.2. The number of carbonyl (C=O) groups is 1. The Hall–Kier alpha value is -2.39. The molecule has 3 aromatic carbocycles. The van der Waals surface area contributed by atoms with Crippen LogP contribution in [-0.4, -0.2) is 23.8 Å². The van der Waals surface area contributed by atoms with Gasteiger partial charge in [0.25, 0.3) is 0 Å². The Morgan fingerprint density at radius 2 is 1.49 bits per heavy atom. The van der Waals surface area contributed by atoms with Crippen LogP contribution in [0.4, 0.5) is 0 Å². The maximum atomic E-state index is 12.9. The van der Waals surface area contributed by atoms with Crippen molar-refractivity contribution in [2.24, 2.45) is 5.41 Å². The van der Waals surface area contributed by atoms with Crippen LogP contribution in [0.25, 0.3) is 21.5 Å². The van der Waals surface area contributed by atoms with Crippen molar-refractivity contribution in [2.45, 2.75) is 97.5 Å². The summed E-state index contributed by atoms with van der Waals surface area (Å²) in [5, 5.41) is 15.2. The standard InChI is InChI=1S/C32H44O3/c1-5-7-8-9-10-11-16-30(33)23-35-31(34)32(3,4)22-24(6-2)27-17-18-28-19-25-14-12-13-15-26(25)20-29(28)21-27/h12-15,17-21,24,30,33H,5-11,16,22-23H2,1-4H3. The topological polar surface area (TPSA) is 46.5 Å². The molecule has 0 saturated heterocycles. The first-order chi connectivity index (χ1) is 16.8. The maximum Gasteiger partial charge on any atom is 0.311 e. The van der Waals surface area contributed by atoms with Crippen LogP contribution in [0.3, 0.4) is 0 Å². The number of benzene rings is 3. The van der Waals surface area contributed by atoms with Gasteiger partial charge in [0.05, 0.1) is 11.5 Å². The Morgan fingerprint density at radius 3 is 2.17 bits per heavy atom. The van der Waals surface area contributed by atoms with Crippen molar-refractivity contribution >= 4 is 27.5 Å². The number of aliphatic hydroxyl groups is 1. The molecule has 0 saturated carbocycles. The molecule has 0 aliphatic rings. The van der Waals surface area contributed by atoms with E-state index in [4.69, 9.17) is 4.74 Å². The first-order valence-electron chi connectivity index (χ1n) is 13.6. The monoisotopic (exact) mass is 476 g/mol. The summed E-state index contributed by atoms with van der Waals surface area (Å²) in [6.45, 7) is 8.42. The normalized spacial score (nSPS) is 13.7. The van der Waals surface area contributed by atoms with Crippen molar-refractivity contribution in [1.29, 1.82) is 0 Å². The van der Waals surface area contributed by atoms with Gasteiger partial charge in [0, 0.05) is 0 Å². The van der Waals surface area contributed by atoms with Gasteiger partial charge in [0.15, 0.2) is 0 Å². The number of hydrogen-bond donors (Lipinski definition) is 1. The molecule has 0 bridgehead atoms. The maximum absolute atomic E-state index is 12.9. The average Bonchev–Trinajstić information content (AvgIpc) is 2.86. The lowest BCUT2D eigenvalue weighted by Crippen LogP contribution is -2.31. The summed E-state index contributed by atoms with van der Waals surface area (Å²) in [4.78, 5) is 12.9. The molecular weight excluding hydrogens is 432 g/mol. The van der Waals surface area contributed by atoms with Gasteiger partial charge < -0.3 is 9.84 Å². The Labute approximate surface area is 211 Å². The molecule has 2 unspecified atom stereocenters. The summed E-state index contributed by atoms with van der Waals surface area (Å²) in [6.07, 6.45) is 8.93. The molecule has 3 nitrogen and oxygen atoms in total. The smallest absolute Gasteiger partial charge is 0.311 e. The lowest BCUT2D eigenvalue weighted by molar-refractivity contribution is -0.157. The van der Waals surface area contributed by atoms with Crippen LogP contribution in [0, 0.1) is 5.41 Å². The van der Waals surface area contributed by atoms with Gasteiger partial charge in [-0.05, 0) is 78.3 Å². The van der Waals surface area contributed by atoms with E-state index in [1.165, 1.54) is 52.8 Å². The van der Waals surface area contributed by atoms with E-state index in [0.29, 0.717) is 6.42 Å². The number of carbonyl (C=O) groups excluding carboxylic acids is 1. The minimum atomic E-state index is -0.612. The third kappa shape index (κ3) is 7.80. The summed E-state index contributed by atoms with van der Waals surface area (Å²) in [7, 11) is 0. The van der Waals surface area contributed by atoms with E-state index >= 15 is 0 Å². The molecule has 1 N–H and O–H groups in total. The van der Waals surface area contributed by atoms with E-state index in [-0.39, 0.29) is 18.5 Å². The second-order valence-corrected chi connectivity index (χ2v) is 10.8. The van der Waals surface area contributed by atoms with Crippen LogP contribution in [0.5, 0.6) is 0 Å². The van der Waals surface area contributed by atoms with E-state index in [2.05, 4.69) is 68.4 Å². The van der Waals surface area contributed by atoms with E-state index in [1.54, 1.807) is 0 Å². The average molecular weight is 477 g/mol. The van der Waals surface area contributed by atoms with Crippen LogP contribution in [-0.2, 0) is 9.53 Å². The van der Waals surface area contributed by atoms with Crippen LogP contribution in [0.2, 0.25) is 0 Å². The molecule has 190 valence electrons. The van der Waals surface area contributed by atoms with Crippen LogP contribution < -0.4 is 0 Å². The molecule has 0 amide bonds. The number of rotatable bonds is 14. The fourth-order valence-corrected chi connectivity index (χ4v) is 5.02. The molecule has 0 radical (unpaired) electrons. The van der Waals surface area contributed by atoms with E-state index in [1.807, 2.05) is 13.8 Å². The Morgan fingerprint density at radius 1 is 0.857 bits per heavy atom. The van der Waals surface area contributed by atoms with Gasteiger partial charge in [-0.15, -0.1) is 0 Å². The molecule has 35 heavy (non-hydrogen) atoms. The van der Waals surface area contributed by atoms with E-state index in [9.17, 15) is 9.90 Å².